The number of aliphatic carboxylic acids is 1. The molecule has 0 aliphatic carbocycles. The summed E-state index contributed by atoms with van der Waals surface area (Å²) in [5.74, 6) is 6.55. The van der Waals surface area contributed by atoms with Crippen LogP contribution in [0.5, 0.6) is 5.75 Å². The van der Waals surface area contributed by atoms with Crippen molar-refractivity contribution in [3.63, 3.8) is 0 Å². The molecule has 0 saturated carbocycles. The van der Waals surface area contributed by atoms with Gasteiger partial charge in [0.1, 0.15) is 5.75 Å². The number of aromatic nitrogens is 1. The number of aliphatic hydroxyl groups excluding tert-OH is 1. The lowest BCUT2D eigenvalue weighted by Crippen LogP contribution is -2.41. The van der Waals surface area contributed by atoms with Crippen LogP contribution in [0.25, 0.3) is 10.9 Å². The number of aliphatic hydroxyl groups is 1. The minimum Gasteiger partial charge on any atom is -0.497 e. The maximum atomic E-state index is 11.6. The highest BCUT2D eigenvalue weighted by Crippen LogP contribution is 2.34. The molecule has 0 amide bonds. The van der Waals surface area contributed by atoms with Crippen molar-refractivity contribution in [3.8, 4) is 17.6 Å². The maximum absolute atomic E-state index is 11.6. The highest BCUT2D eigenvalue weighted by atomic mass is 35.5. The summed E-state index contributed by atoms with van der Waals surface area (Å²) in [5, 5.41) is 22.1. The van der Waals surface area contributed by atoms with E-state index >= 15 is 0 Å². The number of pyridine rings is 1. The molecule has 3 aromatic rings. The number of nitrogens with zero attached hydrogens (tertiary/aromatic N) is 2. The molecule has 2 aromatic carbocycles. The largest absolute Gasteiger partial charge is 0.497 e. The number of benzene rings is 2. The SMILES string of the molecule is COc1ccc2nccc([C@H](O)CC[C@@H]3CCN(CC#Cc4ccc(Cl)cc4)C[C@@H]3CC(=O)O)c2c1. The fourth-order valence-corrected chi connectivity index (χ4v) is 5.14. The second-order valence-corrected chi connectivity index (χ2v) is 9.76. The molecule has 0 spiro atoms. The number of piperidine rings is 1. The van der Waals surface area contributed by atoms with Crippen LogP contribution in [0.3, 0.4) is 0 Å². The van der Waals surface area contributed by atoms with E-state index in [0.29, 0.717) is 24.5 Å². The molecular weight excluding hydrogens is 476 g/mol. The van der Waals surface area contributed by atoms with Gasteiger partial charge in [0.15, 0.2) is 0 Å². The molecule has 1 aliphatic rings. The Bertz CT molecular complexity index is 1250. The Morgan fingerprint density at radius 1 is 1.22 bits per heavy atom. The van der Waals surface area contributed by atoms with Crippen LogP contribution in [0.2, 0.25) is 5.02 Å². The Labute approximate surface area is 216 Å². The van der Waals surface area contributed by atoms with Gasteiger partial charge in [-0.3, -0.25) is 14.7 Å². The quantitative estimate of drug-likeness (QED) is 0.410. The Morgan fingerprint density at radius 2 is 2.03 bits per heavy atom. The van der Waals surface area contributed by atoms with Gasteiger partial charge in [-0.15, -0.1) is 0 Å². The van der Waals surface area contributed by atoms with E-state index in [0.717, 1.165) is 47.2 Å². The average Bonchev–Trinajstić information content (AvgIpc) is 2.88. The van der Waals surface area contributed by atoms with Gasteiger partial charge in [0.05, 0.1) is 25.3 Å². The monoisotopic (exact) mass is 506 g/mol. The molecule has 36 heavy (non-hydrogen) atoms. The highest BCUT2D eigenvalue weighted by molar-refractivity contribution is 6.30. The van der Waals surface area contributed by atoms with Crippen molar-refractivity contribution in [1.82, 2.24) is 9.88 Å². The van der Waals surface area contributed by atoms with Crippen molar-refractivity contribution in [2.75, 3.05) is 26.7 Å². The number of carbonyl (C=O) groups is 1. The molecular formula is C29H31ClN2O4. The molecule has 2 N–H and O–H groups in total. The minimum absolute atomic E-state index is 0.0232. The lowest BCUT2D eigenvalue weighted by atomic mass is 9.79. The average molecular weight is 507 g/mol. The highest BCUT2D eigenvalue weighted by Gasteiger charge is 2.31. The van der Waals surface area contributed by atoms with E-state index in [2.05, 4.69) is 21.7 Å². The van der Waals surface area contributed by atoms with Crippen LogP contribution >= 0.6 is 11.6 Å². The van der Waals surface area contributed by atoms with E-state index in [4.69, 9.17) is 16.3 Å². The maximum Gasteiger partial charge on any atom is 0.303 e. The molecule has 4 rings (SSSR count). The number of carboxylic acid groups (broad SMARTS) is 1. The summed E-state index contributed by atoms with van der Waals surface area (Å²) < 4.78 is 5.35. The molecule has 0 radical (unpaired) electrons. The third kappa shape index (κ3) is 6.76. The number of methoxy groups -OCH3 is 1. The normalized spacial score (nSPS) is 18.9. The van der Waals surface area contributed by atoms with Crippen LogP contribution in [-0.4, -0.2) is 52.8 Å². The molecule has 1 aromatic heterocycles. The molecule has 188 valence electrons. The zero-order valence-electron chi connectivity index (χ0n) is 20.4. The summed E-state index contributed by atoms with van der Waals surface area (Å²) in [6.45, 7) is 2.15. The van der Waals surface area contributed by atoms with E-state index in [1.807, 2.05) is 48.5 Å². The predicted molar refractivity (Wildman–Crippen MR) is 141 cm³/mol. The van der Waals surface area contributed by atoms with E-state index < -0.39 is 12.1 Å². The summed E-state index contributed by atoms with van der Waals surface area (Å²) >= 11 is 5.93. The van der Waals surface area contributed by atoms with Crippen LogP contribution in [0.15, 0.2) is 54.7 Å². The van der Waals surface area contributed by atoms with Crippen molar-refractivity contribution in [2.45, 2.75) is 31.8 Å². The van der Waals surface area contributed by atoms with Crippen molar-refractivity contribution >= 4 is 28.5 Å². The Balaban J connectivity index is 1.38. The van der Waals surface area contributed by atoms with Crippen molar-refractivity contribution < 1.29 is 19.7 Å². The zero-order chi connectivity index (χ0) is 25.5. The van der Waals surface area contributed by atoms with Crippen LogP contribution < -0.4 is 4.74 Å². The zero-order valence-corrected chi connectivity index (χ0v) is 21.1. The predicted octanol–water partition coefficient (Wildman–Crippen LogP) is 5.17. The first-order valence-electron chi connectivity index (χ1n) is 12.2. The molecule has 7 heteroatoms. The molecule has 6 nitrogen and oxygen atoms in total. The van der Waals surface area contributed by atoms with Crippen molar-refractivity contribution in [1.29, 1.82) is 0 Å². The molecule has 1 fully saturated rings. The van der Waals surface area contributed by atoms with Gasteiger partial charge in [-0.25, -0.2) is 0 Å². The number of fused-ring (bicyclic) bond motifs is 1. The summed E-state index contributed by atoms with van der Waals surface area (Å²) in [6.07, 6.45) is 3.39. The Kier molecular flexibility index (Phi) is 8.82. The number of hydrogen-bond donors (Lipinski definition) is 2. The van der Waals surface area contributed by atoms with E-state index in [1.165, 1.54) is 0 Å². The standard InChI is InChI=1S/C29H31ClN2O4/c1-36-24-9-10-27-26(18-24)25(12-14-31-27)28(33)11-6-21-13-16-32(19-22(21)17-29(34)35)15-2-3-20-4-7-23(30)8-5-20/h4-5,7-10,12,14,18,21-22,28,33H,6,11,13,15-17,19H2,1H3,(H,34,35)/t21-,22+,28-/m1/s1. The molecule has 1 aliphatic heterocycles. The van der Waals surface area contributed by atoms with Gasteiger partial charge in [0.25, 0.3) is 0 Å². The van der Waals surface area contributed by atoms with E-state index in [1.54, 1.807) is 13.3 Å². The number of ether oxygens (including phenoxy) is 1. The van der Waals surface area contributed by atoms with Crippen LogP contribution in [0.4, 0.5) is 0 Å². The molecule has 3 atom stereocenters. The molecule has 0 bridgehead atoms. The smallest absolute Gasteiger partial charge is 0.303 e. The first-order valence-corrected chi connectivity index (χ1v) is 12.6. The lowest BCUT2D eigenvalue weighted by Gasteiger charge is -2.37. The van der Waals surface area contributed by atoms with Gasteiger partial charge in [-0.2, -0.15) is 0 Å². The number of likely N-dealkylation sites (tertiary alicyclic amines) is 1. The summed E-state index contributed by atoms with van der Waals surface area (Å²) in [7, 11) is 1.62. The lowest BCUT2D eigenvalue weighted by molar-refractivity contribution is -0.139. The second-order valence-electron chi connectivity index (χ2n) is 9.33. The van der Waals surface area contributed by atoms with E-state index in [-0.39, 0.29) is 18.3 Å². The topological polar surface area (TPSA) is 82.9 Å². The van der Waals surface area contributed by atoms with Gasteiger partial charge < -0.3 is 14.9 Å². The number of halogens is 1. The second kappa shape index (κ2) is 12.2. The van der Waals surface area contributed by atoms with Gasteiger partial charge in [-0.05, 0) is 91.7 Å². The minimum atomic E-state index is -0.785. The number of hydrogen-bond acceptors (Lipinski definition) is 5. The first-order chi connectivity index (χ1) is 17.4. The van der Waals surface area contributed by atoms with Crippen molar-refractivity contribution in [3.05, 3.63) is 70.9 Å². The molecule has 2 heterocycles. The van der Waals surface area contributed by atoms with Gasteiger partial charge in [0, 0.05) is 35.1 Å². The number of carboxylic acids is 1. The Hall–Kier alpha value is -3.11. The van der Waals surface area contributed by atoms with Crippen LogP contribution in [0, 0.1) is 23.7 Å². The third-order valence-electron chi connectivity index (χ3n) is 6.94. The van der Waals surface area contributed by atoms with Gasteiger partial charge >= 0.3 is 5.97 Å². The van der Waals surface area contributed by atoms with Crippen LogP contribution in [-0.2, 0) is 4.79 Å². The fourth-order valence-electron chi connectivity index (χ4n) is 5.01. The van der Waals surface area contributed by atoms with E-state index in [9.17, 15) is 15.0 Å². The summed E-state index contributed by atoms with van der Waals surface area (Å²) in [6, 6.07) is 14.9. The van der Waals surface area contributed by atoms with Gasteiger partial charge in [0.2, 0.25) is 0 Å². The van der Waals surface area contributed by atoms with Crippen molar-refractivity contribution in [2.24, 2.45) is 11.8 Å². The fraction of sp³-hybridized carbons (Fsp3) is 0.379. The first kappa shape index (κ1) is 26.0. The Morgan fingerprint density at radius 3 is 2.78 bits per heavy atom. The van der Waals surface area contributed by atoms with Crippen LogP contribution in [0.1, 0.15) is 42.9 Å². The number of rotatable bonds is 8. The van der Waals surface area contributed by atoms with Gasteiger partial charge in [-0.1, -0.05) is 23.4 Å². The third-order valence-corrected chi connectivity index (χ3v) is 7.20. The summed E-state index contributed by atoms with van der Waals surface area (Å²) in [4.78, 5) is 18.2. The summed E-state index contributed by atoms with van der Waals surface area (Å²) in [5.41, 5.74) is 2.54. The molecule has 1 saturated heterocycles. The molecule has 0 unspecified atom stereocenters.